The van der Waals surface area contributed by atoms with Gasteiger partial charge in [0.05, 0.1) is 11.5 Å². The second kappa shape index (κ2) is 4.93. The largest absolute Gasteiger partial charge is 0.492 e. The minimum absolute atomic E-state index is 0.0385. The lowest BCUT2D eigenvalue weighted by Crippen LogP contribution is -2.18. The Bertz CT molecular complexity index is 651. The number of carbonyl (C=O) groups is 1. The molecule has 0 radical (unpaired) electrons. The van der Waals surface area contributed by atoms with Crippen molar-refractivity contribution in [2.75, 3.05) is 13.2 Å². The van der Waals surface area contributed by atoms with Crippen LogP contribution >= 0.6 is 10.7 Å². The van der Waals surface area contributed by atoms with Gasteiger partial charge in [0, 0.05) is 16.2 Å². The zero-order valence-electron chi connectivity index (χ0n) is 10.5. The van der Waals surface area contributed by atoms with Crippen LogP contribution in [0.1, 0.15) is 24.3 Å². The molecule has 0 bridgehead atoms. The summed E-state index contributed by atoms with van der Waals surface area (Å²) in [6, 6.07) is 4.26. The highest BCUT2D eigenvalue weighted by atomic mass is 35.7. The van der Waals surface area contributed by atoms with Crippen molar-refractivity contribution in [3.8, 4) is 5.75 Å². The number of hydrogen-bond acceptors (Lipinski definition) is 5. The number of hydrogen-bond donors (Lipinski definition) is 0. The van der Waals surface area contributed by atoms with Gasteiger partial charge in [-0.3, -0.25) is 4.79 Å². The van der Waals surface area contributed by atoms with Gasteiger partial charge in [0.1, 0.15) is 18.3 Å². The molecule has 1 aliphatic heterocycles. The normalized spacial score (nSPS) is 21.1. The zero-order chi connectivity index (χ0) is 14.3. The van der Waals surface area contributed by atoms with Crippen LogP contribution in [-0.2, 0) is 18.6 Å². The topological polar surface area (TPSA) is 69.7 Å². The first-order chi connectivity index (χ1) is 9.45. The van der Waals surface area contributed by atoms with E-state index in [1.807, 2.05) is 0 Å². The van der Waals surface area contributed by atoms with E-state index in [-0.39, 0.29) is 17.5 Å². The van der Waals surface area contributed by atoms with Crippen molar-refractivity contribution < 1.29 is 22.7 Å². The molecule has 1 heterocycles. The number of rotatable bonds is 4. The fourth-order valence-electron chi connectivity index (χ4n) is 2.12. The molecule has 0 spiro atoms. The molecule has 1 aromatic carbocycles. The molecule has 108 valence electrons. The van der Waals surface area contributed by atoms with Crippen molar-refractivity contribution in [2.45, 2.75) is 23.7 Å². The van der Waals surface area contributed by atoms with Gasteiger partial charge in [-0.05, 0) is 37.0 Å². The Morgan fingerprint density at radius 1 is 1.40 bits per heavy atom. The van der Waals surface area contributed by atoms with Gasteiger partial charge in [0.15, 0.2) is 0 Å². The molecule has 20 heavy (non-hydrogen) atoms. The highest BCUT2D eigenvalue weighted by molar-refractivity contribution is 8.13. The Labute approximate surface area is 121 Å². The predicted octanol–water partition coefficient (Wildman–Crippen LogP) is 2.04. The van der Waals surface area contributed by atoms with Crippen LogP contribution in [0.3, 0.4) is 0 Å². The molecule has 1 fully saturated rings. The van der Waals surface area contributed by atoms with E-state index in [4.69, 9.17) is 20.2 Å². The Morgan fingerprint density at radius 2 is 2.15 bits per heavy atom. The minimum Gasteiger partial charge on any atom is -0.492 e. The van der Waals surface area contributed by atoms with Gasteiger partial charge in [-0.25, -0.2) is 8.42 Å². The summed E-state index contributed by atoms with van der Waals surface area (Å²) >= 11 is 0. The van der Waals surface area contributed by atoms with Gasteiger partial charge in [-0.1, -0.05) is 0 Å². The Hall–Kier alpha value is -1.27. The maximum absolute atomic E-state index is 12.0. The summed E-state index contributed by atoms with van der Waals surface area (Å²) in [5.74, 6) is 0.0274. The van der Waals surface area contributed by atoms with Gasteiger partial charge < -0.3 is 9.47 Å². The molecule has 1 aliphatic carbocycles. The van der Waals surface area contributed by atoms with E-state index in [1.54, 1.807) is 0 Å². The third-order valence-electron chi connectivity index (χ3n) is 3.49. The third kappa shape index (κ3) is 2.76. The van der Waals surface area contributed by atoms with Gasteiger partial charge in [-0.2, -0.15) is 0 Å². The van der Waals surface area contributed by atoms with Crippen LogP contribution in [0.4, 0.5) is 0 Å². The zero-order valence-corrected chi connectivity index (χ0v) is 12.1. The first-order valence-corrected chi connectivity index (χ1v) is 8.64. The van der Waals surface area contributed by atoms with E-state index in [1.165, 1.54) is 18.2 Å². The molecule has 1 saturated carbocycles. The molecule has 0 saturated heterocycles. The molecule has 7 heteroatoms. The molecule has 3 rings (SSSR count). The Morgan fingerprint density at radius 3 is 2.80 bits per heavy atom. The molecule has 1 unspecified atom stereocenters. The fraction of sp³-hybridized carbons (Fsp3) is 0.462. The summed E-state index contributed by atoms with van der Waals surface area (Å²) in [6.07, 6.45) is 2.19. The Balaban J connectivity index is 1.82. The first kappa shape index (κ1) is 13.7. The number of fused-ring (bicyclic) bond motifs is 1. The van der Waals surface area contributed by atoms with Crippen LogP contribution in [0.2, 0.25) is 0 Å². The molecular formula is C13H13ClO5S. The molecule has 2 aliphatic rings. The standard InChI is InChI=1S/C13H13ClO5S/c14-20(16,17)9-3-4-12-10(5-9)11(7-18-12)13(15)19-6-8-1-2-8/h3-5,8,11H,1-2,6-7H2. The second-order valence-corrected chi connectivity index (χ2v) is 7.64. The highest BCUT2D eigenvalue weighted by Gasteiger charge is 2.34. The lowest BCUT2D eigenvalue weighted by molar-refractivity contribution is -0.146. The van der Waals surface area contributed by atoms with Crippen LogP contribution in [0, 0.1) is 5.92 Å². The number of halogens is 1. The van der Waals surface area contributed by atoms with E-state index >= 15 is 0 Å². The number of benzene rings is 1. The van der Waals surface area contributed by atoms with Crippen molar-refractivity contribution >= 4 is 25.7 Å². The summed E-state index contributed by atoms with van der Waals surface area (Å²) in [7, 11) is 1.49. The van der Waals surface area contributed by atoms with E-state index in [0.717, 1.165) is 12.8 Å². The summed E-state index contributed by atoms with van der Waals surface area (Å²) < 4.78 is 33.3. The minimum atomic E-state index is -3.82. The number of ether oxygens (including phenoxy) is 2. The van der Waals surface area contributed by atoms with E-state index < -0.39 is 15.0 Å². The lowest BCUT2D eigenvalue weighted by atomic mass is 10.0. The summed E-state index contributed by atoms with van der Waals surface area (Å²) in [5, 5.41) is 0. The van der Waals surface area contributed by atoms with Crippen LogP contribution in [0.15, 0.2) is 23.1 Å². The number of carbonyl (C=O) groups excluding carboxylic acids is 1. The maximum atomic E-state index is 12.0. The van der Waals surface area contributed by atoms with Gasteiger partial charge in [0.25, 0.3) is 9.05 Å². The van der Waals surface area contributed by atoms with E-state index in [0.29, 0.717) is 23.8 Å². The van der Waals surface area contributed by atoms with Crippen LogP contribution < -0.4 is 4.74 Å². The molecule has 0 amide bonds. The summed E-state index contributed by atoms with van der Waals surface area (Å²) in [5.41, 5.74) is 0.521. The third-order valence-corrected chi connectivity index (χ3v) is 4.84. The second-order valence-electron chi connectivity index (χ2n) is 5.07. The molecular weight excluding hydrogens is 304 g/mol. The van der Waals surface area contributed by atoms with Crippen LogP contribution in [0.25, 0.3) is 0 Å². The van der Waals surface area contributed by atoms with E-state index in [2.05, 4.69) is 0 Å². The fourth-order valence-corrected chi connectivity index (χ4v) is 2.91. The maximum Gasteiger partial charge on any atom is 0.317 e. The first-order valence-electron chi connectivity index (χ1n) is 6.33. The SMILES string of the molecule is O=C(OCC1CC1)C1COc2ccc(S(=O)(=O)Cl)cc21. The van der Waals surface area contributed by atoms with Gasteiger partial charge in [0.2, 0.25) is 0 Å². The van der Waals surface area contributed by atoms with E-state index in [9.17, 15) is 13.2 Å². The van der Waals surface area contributed by atoms with Gasteiger partial charge >= 0.3 is 5.97 Å². The number of esters is 1. The summed E-state index contributed by atoms with van der Waals surface area (Å²) in [6.45, 7) is 0.600. The molecule has 0 N–H and O–H groups in total. The quantitative estimate of drug-likeness (QED) is 0.628. The molecule has 1 aromatic rings. The van der Waals surface area contributed by atoms with Crippen molar-refractivity contribution in [1.82, 2.24) is 0 Å². The average molecular weight is 317 g/mol. The Kier molecular flexibility index (Phi) is 3.38. The van der Waals surface area contributed by atoms with Gasteiger partial charge in [-0.15, -0.1) is 0 Å². The summed E-state index contributed by atoms with van der Waals surface area (Å²) in [4.78, 5) is 12.0. The highest BCUT2D eigenvalue weighted by Crippen LogP contribution is 2.37. The van der Waals surface area contributed by atoms with Crippen molar-refractivity contribution in [1.29, 1.82) is 0 Å². The van der Waals surface area contributed by atoms with Crippen molar-refractivity contribution in [3.05, 3.63) is 23.8 Å². The predicted molar refractivity (Wildman–Crippen MR) is 71.4 cm³/mol. The monoisotopic (exact) mass is 316 g/mol. The molecule has 0 aromatic heterocycles. The molecule has 5 nitrogen and oxygen atoms in total. The van der Waals surface area contributed by atoms with Crippen molar-refractivity contribution in [2.24, 2.45) is 5.92 Å². The molecule has 1 atom stereocenters. The van der Waals surface area contributed by atoms with Crippen LogP contribution in [0.5, 0.6) is 5.75 Å². The lowest BCUT2D eigenvalue weighted by Gasteiger charge is -2.09. The van der Waals surface area contributed by atoms with Crippen LogP contribution in [-0.4, -0.2) is 27.6 Å². The average Bonchev–Trinajstić information content (AvgIpc) is 3.12. The smallest absolute Gasteiger partial charge is 0.317 e. The van der Waals surface area contributed by atoms with Crippen molar-refractivity contribution in [3.63, 3.8) is 0 Å².